The van der Waals surface area contributed by atoms with Crippen molar-refractivity contribution in [2.24, 2.45) is 0 Å². The SMILES string of the molecule is Cc1ccc(S(=O)(=O)OCCC2OC(CCOS(=O)(=O)c3ccc(C)cc3)OC(CCOS(=O)(=O)c3ccc(C)cc3)O2)cc1. The molecule has 15 heteroatoms. The zero-order chi connectivity index (χ0) is 32.7. The molecule has 1 aliphatic heterocycles. The van der Waals surface area contributed by atoms with Gasteiger partial charge in [-0.1, -0.05) is 53.1 Å². The summed E-state index contributed by atoms with van der Waals surface area (Å²) in [4.78, 5) is -0.00962. The molecule has 0 amide bonds. The normalized spacial score (nSPS) is 19.4. The van der Waals surface area contributed by atoms with Crippen molar-refractivity contribution in [1.29, 1.82) is 0 Å². The van der Waals surface area contributed by atoms with Gasteiger partial charge in [0.15, 0.2) is 18.9 Å². The van der Waals surface area contributed by atoms with Crippen LogP contribution in [0.5, 0.6) is 0 Å². The molecule has 0 saturated carbocycles. The molecule has 0 aromatic heterocycles. The molecular formula is C30H36O12S3. The van der Waals surface area contributed by atoms with Crippen LogP contribution in [0.1, 0.15) is 36.0 Å². The van der Waals surface area contributed by atoms with Crippen LogP contribution >= 0.6 is 0 Å². The average molecular weight is 685 g/mol. The Morgan fingerprint density at radius 2 is 0.667 bits per heavy atom. The molecule has 0 N–H and O–H groups in total. The first-order chi connectivity index (χ1) is 21.2. The van der Waals surface area contributed by atoms with E-state index in [0.717, 1.165) is 16.7 Å². The zero-order valence-electron chi connectivity index (χ0n) is 25.0. The van der Waals surface area contributed by atoms with Crippen LogP contribution in [0.4, 0.5) is 0 Å². The molecule has 0 aliphatic carbocycles. The molecule has 0 unspecified atom stereocenters. The van der Waals surface area contributed by atoms with Crippen LogP contribution in [0.2, 0.25) is 0 Å². The maximum Gasteiger partial charge on any atom is 0.296 e. The van der Waals surface area contributed by atoms with E-state index in [1.54, 1.807) is 36.4 Å². The lowest BCUT2D eigenvalue weighted by Gasteiger charge is -2.35. The van der Waals surface area contributed by atoms with Crippen molar-refractivity contribution in [3.63, 3.8) is 0 Å². The van der Waals surface area contributed by atoms with Crippen LogP contribution in [-0.4, -0.2) is 63.9 Å². The van der Waals surface area contributed by atoms with E-state index >= 15 is 0 Å². The van der Waals surface area contributed by atoms with Crippen LogP contribution in [0.3, 0.4) is 0 Å². The van der Waals surface area contributed by atoms with Crippen LogP contribution in [0.25, 0.3) is 0 Å². The van der Waals surface area contributed by atoms with Gasteiger partial charge in [0.2, 0.25) is 0 Å². The van der Waals surface area contributed by atoms with Gasteiger partial charge in [-0.25, -0.2) is 0 Å². The molecule has 45 heavy (non-hydrogen) atoms. The second-order valence-corrected chi connectivity index (χ2v) is 15.2. The van der Waals surface area contributed by atoms with Gasteiger partial charge in [0.05, 0.1) is 34.5 Å². The van der Waals surface area contributed by atoms with E-state index in [4.69, 9.17) is 26.8 Å². The summed E-state index contributed by atoms with van der Waals surface area (Å²) in [5.41, 5.74) is 2.67. The van der Waals surface area contributed by atoms with E-state index < -0.39 is 49.2 Å². The standard InChI is InChI=1S/C30H36O12S3/c1-22-4-10-25(11-5-22)43(31,32)37-19-16-28-40-29(17-20-38-44(33,34)26-12-6-23(2)7-13-26)42-30(41-28)18-21-39-45(35,36)27-14-8-24(3)9-15-27/h4-15,28-30H,16-21H2,1-3H3. The van der Waals surface area contributed by atoms with Crippen molar-refractivity contribution in [2.75, 3.05) is 19.8 Å². The highest BCUT2D eigenvalue weighted by Gasteiger charge is 2.32. The Morgan fingerprint density at radius 1 is 0.444 bits per heavy atom. The van der Waals surface area contributed by atoms with Gasteiger partial charge in [-0.3, -0.25) is 12.5 Å². The molecule has 1 fully saturated rings. The van der Waals surface area contributed by atoms with Crippen LogP contribution in [-0.2, 0) is 57.1 Å². The minimum Gasteiger partial charge on any atom is -0.323 e. The van der Waals surface area contributed by atoms with Crippen molar-refractivity contribution in [1.82, 2.24) is 0 Å². The molecule has 0 spiro atoms. The summed E-state index contributed by atoms with van der Waals surface area (Å²) >= 11 is 0. The first kappa shape index (κ1) is 35.1. The highest BCUT2D eigenvalue weighted by atomic mass is 32.2. The summed E-state index contributed by atoms with van der Waals surface area (Å²) in [7, 11) is -12.1. The van der Waals surface area contributed by atoms with Gasteiger partial charge in [-0.05, 0) is 57.2 Å². The Hall–Kier alpha value is -2.73. The van der Waals surface area contributed by atoms with E-state index in [1.807, 2.05) is 20.8 Å². The molecular weight excluding hydrogens is 649 g/mol. The van der Waals surface area contributed by atoms with Gasteiger partial charge in [0.25, 0.3) is 30.4 Å². The van der Waals surface area contributed by atoms with Crippen LogP contribution in [0, 0.1) is 20.8 Å². The fourth-order valence-corrected chi connectivity index (χ4v) is 6.86. The second-order valence-electron chi connectivity index (χ2n) is 10.3. The van der Waals surface area contributed by atoms with Crippen molar-refractivity contribution < 1.29 is 52.0 Å². The van der Waals surface area contributed by atoms with Gasteiger partial charge >= 0.3 is 0 Å². The lowest BCUT2D eigenvalue weighted by molar-refractivity contribution is -0.387. The predicted molar refractivity (Wildman–Crippen MR) is 161 cm³/mol. The summed E-state index contributed by atoms with van der Waals surface area (Å²) < 4.78 is 108. The van der Waals surface area contributed by atoms with Crippen molar-refractivity contribution in [3.8, 4) is 0 Å². The fourth-order valence-electron chi connectivity index (χ4n) is 4.09. The maximum atomic E-state index is 12.6. The number of hydrogen-bond donors (Lipinski definition) is 0. The van der Waals surface area contributed by atoms with E-state index in [9.17, 15) is 25.3 Å². The summed E-state index contributed by atoms with van der Waals surface area (Å²) in [6.45, 7) is 4.60. The Morgan fingerprint density at radius 3 is 0.889 bits per heavy atom. The van der Waals surface area contributed by atoms with E-state index in [0.29, 0.717) is 0 Å². The lowest BCUT2D eigenvalue weighted by Crippen LogP contribution is -2.42. The number of rotatable bonds is 15. The highest BCUT2D eigenvalue weighted by Crippen LogP contribution is 2.25. The molecule has 246 valence electrons. The maximum absolute atomic E-state index is 12.6. The molecule has 1 aliphatic rings. The van der Waals surface area contributed by atoms with Gasteiger partial charge in [0.1, 0.15) is 0 Å². The predicted octanol–water partition coefficient (Wildman–Crippen LogP) is 4.34. The Bertz CT molecular complexity index is 1510. The molecule has 12 nitrogen and oxygen atoms in total. The molecule has 4 rings (SSSR count). The molecule has 0 bridgehead atoms. The Labute approximate surface area is 264 Å². The number of ether oxygens (including phenoxy) is 3. The Kier molecular flexibility index (Phi) is 11.9. The summed E-state index contributed by atoms with van der Waals surface area (Å²) in [6, 6.07) is 18.5. The van der Waals surface area contributed by atoms with Crippen molar-refractivity contribution in [2.45, 2.75) is 73.6 Å². The van der Waals surface area contributed by atoms with Crippen LogP contribution < -0.4 is 0 Å². The largest absolute Gasteiger partial charge is 0.323 e. The van der Waals surface area contributed by atoms with Crippen molar-refractivity contribution in [3.05, 3.63) is 89.5 Å². The summed E-state index contributed by atoms with van der Waals surface area (Å²) in [5.74, 6) is 0. The fraction of sp³-hybridized carbons (Fsp3) is 0.400. The van der Waals surface area contributed by atoms with Crippen molar-refractivity contribution >= 4 is 30.4 Å². The second kappa shape index (κ2) is 15.2. The van der Waals surface area contributed by atoms with E-state index in [1.165, 1.54) is 36.4 Å². The van der Waals surface area contributed by atoms with E-state index in [2.05, 4.69) is 0 Å². The zero-order valence-corrected chi connectivity index (χ0v) is 27.5. The minimum atomic E-state index is -4.04. The quantitative estimate of drug-likeness (QED) is 0.209. The first-order valence-electron chi connectivity index (χ1n) is 14.1. The average Bonchev–Trinajstić information content (AvgIpc) is 2.97. The van der Waals surface area contributed by atoms with Gasteiger partial charge in [-0.15, -0.1) is 0 Å². The van der Waals surface area contributed by atoms with E-state index in [-0.39, 0.29) is 53.8 Å². The van der Waals surface area contributed by atoms with Gasteiger partial charge < -0.3 is 14.2 Å². The Balaban J connectivity index is 1.36. The number of benzene rings is 3. The smallest absolute Gasteiger partial charge is 0.296 e. The third-order valence-electron chi connectivity index (χ3n) is 6.62. The number of aryl methyl sites for hydroxylation is 3. The van der Waals surface area contributed by atoms with Gasteiger partial charge in [-0.2, -0.15) is 25.3 Å². The third-order valence-corrected chi connectivity index (χ3v) is 10.6. The summed E-state index contributed by atoms with van der Waals surface area (Å²) in [5, 5.41) is 0. The van der Waals surface area contributed by atoms with Crippen LogP contribution in [0.15, 0.2) is 87.5 Å². The third kappa shape index (κ3) is 10.4. The number of hydrogen-bond acceptors (Lipinski definition) is 12. The lowest BCUT2D eigenvalue weighted by atomic mass is 10.2. The highest BCUT2D eigenvalue weighted by molar-refractivity contribution is 7.87. The molecule has 3 aromatic rings. The molecule has 3 aromatic carbocycles. The summed E-state index contributed by atoms with van der Waals surface area (Å²) in [6.07, 6.45) is -3.18. The molecule has 0 radical (unpaired) electrons. The van der Waals surface area contributed by atoms with Gasteiger partial charge in [0, 0.05) is 19.3 Å². The topological polar surface area (TPSA) is 158 Å². The monoisotopic (exact) mass is 684 g/mol. The minimum absolute atomic E-state index is 0.00321. The first-order valence-corrected chi connectivity index (χ1v) is 18.3. The molecule has 0 atom stereocenters. The molecule has 1 saturated heterocycles. The molecule has 1 heterocycles.